The Morgan fingerprint density at radius 1 is 1.58 bits per heavy atom. The van der Waals surface area contributed by atoms with E-state index in [0.29, 0.717) is 28.8 Å². The Bertz CT molecular complexity index is 879. The van der Waals surface area contributed by atoms with Gasteiger partial charge in [0.05, 0.1) is 10.9 Å². The van der Waals surface area contributed by atoms with Crippen LogP contribution in [0.3, 0.4) is 0 Å². The Kier molecular flexibility index (Phi) is 4.19. The standard InChI is InChI=1S/C17H15ClN4O2/c1-3-6-23-13-5-4-10(7-12(13)18)15-11(8-19)16(20)24-17-14(15)9(2)21-22-17/h3-5,7,15H,1,6,20H2,2H3,(H,21,22)/t15-/m1/s1. The molecule has 3 N–H and O–H groups in total. The number of fused-ring (bicyclic) bond motifs is 1. The molecule has 0 spiro atoms. The maximum Gasteiger partial charge on any atom is 0.244 e. The molecule has 1 aliphatic rings. The monoisotopic (exact) mass is 342 g/mol. The predicted molar refractivity (Wildman–Crippen MR) is 89.8 cm³/mol. The van der Waals surface area contributed by atoms with Crippen molar-refractivity contribution in [2.45, 2.75) is 12.8 Å². The van der Waals surface area contributed by atoms with Gasteiger partial charge in [-0.2, -0.15) is 5.26 Å². The van der Waals surface area contributed by atoms with Crippen molar-refractivity contribution in [2.75, 3.05) is 6.61 Å². The number of hydrogen-bond donors (Lipinski definition) is 2. The second kappa shape index (κ2) is 6.30. The summed E-state index contributed by atoms with van der Waals surface area (Å²) in [4.78, 5) is 0. The van der Waals surface area contributed by atoms with Crippen LogP contribution in [0, 0.1) is 18.3 Å². The highest BCUT2D eigenvalue weighted by Gasteiger charge is 2.34. The van der Waals surface area contributed by atoms with Gasteiger partial charge in [-0.15, -0.1) is 5.10 Å². The molecule has 3 rings (SSSR count). The van der Waals surface area contributed by atoms with Gasteiger partial charge in [0.2, 0.25) is 11.8 Å². The molecule has 7 heteroatoms. The van der Waals surface area contributed by atoms with E-state index in [1.54, 1.807) is 18.2 Å². The molecule has 1 aromatic carbocycles. The zero-order chi connectivity index (χ0) is 17.3. The molecule has 0 unspecified atom stereocenters. The Labute approximate surface area is 144 Å². The molecule has 2 aromatic rings. The molecule has 0 bridgehead atoms. The highest BCUT2D eigenvalue weighted by molar-refractivity contribution is 6.32. The number of halogens is 1. The molecule has 0 saturated heterocycles. The van der Waals surface area contributed by atoms with Crippen molar-refractivity contribution in [2.24, 2.45) is 5.73 Å². The van der Waals surface area contributed by atoms with E-state index in [1.165, 1.54) is 0 Å². The summed E-state index contributed by atoms with van der Waals surface area (Å²) in [6.07, 6.45) is 1.64. The van der Waals surface area contributed by atoms with Crippen molar-refractivity contribution in [3.63, 3.8) is 0 Å². The molecule has 0 radical (unpaired) electrons. The first-order valence-electron chi connectivity index (χ1n) is 7.22. The zero-order valence-electron chi connectivity index (χ0n) is 13.0. The van der Waals surface area contributed by atoms with E-state index in [1.807, 2.05) is 13.0 Å². The molecule has 0 amide bonds. The summed E-state index contributed by atoms with van der Waals surface area (Å²) >= 11 is 6.31. The van der Waals surface area contributed by atoms with Crippen molar-refractivity contribution < 1.29 is 9.47 Å². The van der Waals surface area contributed by atoms with Crippen molar-refractivity contribution in [3.05, 3.63) is 64.2 Å². The molecule has 0 aliphatic carbocycles. The predicted octanol–water partition coefficient (Wildman–Crippen LogP) is 3.15. The van der Waals surface area contributed by atoms with Gasteiger partial charge in [0.1, 0.15) is 24.0 Å². The van der Waals surface area contributed by atoms with Crippen LogP contribution in [0.1, 0.15) is 22.7 Å². The van der Waals surface area contributed by atoms with Crippen LogP contribution >= 0.6 is 11.6 Å². The van der Waals surface area contributed by atoms with E-state index in [0.717, 1.165) is 16.8 Å². The van der Waals surface area contributed by atoms with E-state index in [4.69, 9.17) is 26.8 Å². The van der Waals surface area contributed by atoms with Gasteiger partial charge in [0.25, 0.3) is 0 Å². The summed E-state index contributed by atoms with van der Waals surface area (Å²) in [6, 6.07) is 7.50. The first-order chi connectivity index (χ1) is 11.6. The molecule has 1 atom stereocenters. The molecule has 1 aliphatic heterocycles. The molecule has 6 nitrogen and oxygen atoms in total. The van der Waals surface area contributed by atoms with Crippen LogP contribution in [-0.2, 0) is 0 Å². The van der Waals surface area contributed by atoms with Gasteiger partial charge >= 0.3 is 0 Å². The van der Waals surface area contributed by atoms with Crippen LogP contribution in [0.25, 0.3) is 0 Å². The third-order valence-corrected chi connectivity index (χ3v) is 4.07. The van der Waals surface area contributed by atoms with Crippen LogP contribution in [0.2, 0.25) is 5.02 Å². The van der Waals surface area contributed by atoms with E-state index in [-0.39, 0.29) is 5.88 Å². The number of ether oxygens (including phenoxy) is 2. The number of nitrogens with one attached hydrogen (secondary N) is 1. The van der Waals surface area contributed by atoms with Crippen LogP contribution < -0.4 is 15.2 Å². The zero-order valence-corrected chi connectivity index (χ0v) is 13.7. The van der Waals surface area contributed by atoms with Gasteiger partial charge in [-0.05, 0) is 24.6 Å². The number of nitrogens with two attached hydrogens (primary N) is 1. The van der Waals surface area contributed by atoms with Crippen LogP contribution in [0.4, 0.5) is 0 Å². The van der Waals surface area contributed by atoms with Crippen LogP contribution in [-0.4, -0.2) is 16.8 Å². The Morgan fingerprint density at radius 3 is 3.04 bits per heavy atom. The highest BCUT2D eigenvalue weighted by atomic mass is 35.5. The number of rotatable bonds is 4. The molecule has 0 fully saturated rings. The summed E-state index contributed by atoms with van der Waals surface area (Å²) in [6.45, 7) is 5.83. The third kappa shape index (κ3) is 2.59. The fourth-order valence-corrected chi connectivity index (χ4v) is 2.94. The van der Waals surface area contributed by atoms with Crippen molar-refractivity contribution in [3.8, 4) is 17.7 Å². The third-order valence-electron chi connectivity index (χ3n) is 3.78. The minimum atomic E-state index is -0.400. The number of aryl methyl sites for hydroxylation is 1. The van der Waals surface area contributed by atoms with E-state index >= 15 is 0 Å². The largest absolute Gasteiger partial charge is 0.488 e. The number of aromatic nitrogens is 2. The molecular weight excluding hydrogens is 328 g/mol. The van der Waals surface area contributed by atoms with Gasteiger partial charge in [0.15, 0.2) is 0 Å². The number of nitriles is 1. The maximum absolute atomic E-state index is 9.52. The lowest BCUT2D eigenvalue weighted by molar-refractivity contribution is 0.363. The summed E-state index contributed by atoms with van der Waals surface area (Å²) in [5.41, 5.74) is 8.59. The first kappa shape index (κ1) is 16.0. The molecule has 0 saturated carbocycles. The van der Waals surface area contributed by atoms with Crippen LogP contribution in [0.15, 0.2) is 42.3 Å². The number of hydrogen-bond acceptors (Lipinski definition) is 5. The number of H-pyrrole nitrogens is 1. The van der Waals surface area contributed by atoms with Gasteiger partial charge < -0.3 is 15.2 Å². The second-order valence-corrected chi connectivity index (χ2v) is 5.69. The first-order valence-corrected chi connectivity index (χ1v) is 7.60. The number of benzene rings is 1. The lowest BCUT2D eigenvalue weighted by Gasteiger charge is -2.24. The molecular formula is C17H15ClN4O2. The number of allylic oxidation sites excluding steroid dienone is 1. The Hall–Kier alpha value is -2.91. The van der Waals surface area contributed by atoms with E-state index < -0.39 is 5.92 Å². The van der Waals surface area contributed by atoms with Gasteiger partial charge in [-0.25, -0.2) is 0 Å². The molecule has 24 heavy (non-hydrogen) atoms. The fourth-order valence-electron chi connectivity index (χ4n) is 2.69. The SMILES string of the molecule is C=CCOc1ccc([C@@H]2C(C#N)=C(N)Oc3n[nH]c(C)c32)cc1Cl. The van der Waals surface area contributed by atoms with Crippen molar-refractivity contribution >= 4 is 11.6 Å². The summed E-state index contributed by atoms with van der Waals surface area (Å²) in [7, 11) is 0. The molecule has 2 heterocycles. The summed E-state index contributed by atoms with van der Waals surface area (Å²) < 4.78 is 10.9. The van der Waals surface area contributed by atoms with Crippen molar-refractivity contribution in [1.82, 2.24) is 10.2 Å². The summed E-state index contributed by atoms with van der Waals surface area (Å²) in [5.74, 6) is 0.567. The maximum atomic E-state index is 9.52. The average molecular weight is 343 g/mol. The molecule has 1 aromatic heterocycles. The topological polar surface area (TPSA) is 96.9 Å². The minimum Gasteiger partial charge on any atom is -0.488 e. The molecule has 122 valence electrons. The number of nitrogens with zero attached hydrogens (tertiary/aromatic N) is 2. The number of aromatic amines is 1. The second-order valence-electron chi connectivity index (χ2n) is 5.28. The quantitative estimate of drug-likeness (QED) is 0.832. The van der Waals surface area contributed by atoms with Gasteiger partial charge in [-0.1, -0.05) is 30.3 Å². The smallest absolute Gasteiger partial charge is 0.244 e. The normalized spacial score (nSPS) is 16.1. The Morgan fingerprint density at radius 2 is 2.38 bits per heavy atom. The lowest BCUT2D eigenvalue weighted by Crippen LogP contribution is -2.21. The van der Waals surface area contributed by atoms with Crippen LogP contribution in [0.5, 0.6) is 11.6 Å². The Balaban J connectivity index is 2.10. The van der Waals surface area contributed by atoms with Crippen molar-refractivity contribution in [1.29, 1.82) is 5.26 Å². The average Bonchev–Trinajstić information content (AvgIpc) is 2.93. The lowest BCUT2D eigenvalue weighted by atomic mass is 9.84. The van der Waals surface area contributed by atoms with E-state index in [9.17, 15) is 5.26 Å². The minimum absolute atomic E-state index is 0.0459. The van der Waals surface area contributed by atoms with E-state index in [2.05, 4.69) is 22.8 Å². The fraction of sp³-hybridized carbons (Fsp3) is 0.176. The van der Waals surface area contributed by atoms with Gasteiger partial charge in [-0.3, -0.25) is 5.10 Å². The van der Waals surface area contributed by atoms with Gasteiger partial charge in [0, 0.05) is 11.3 Å². The summed E-state index contributed by atoms with van der Waals surface area (Å²) in [5, 5.41) is 16.9. The highest BCUT2D eigenvalue weighted by Crippen LogP contribution is 2.43.